The maximum absolute atomic E-state index is 11.7. The Labute approximate surface area is 118 Å². The van der Waals surface area contributed by atoms with Gasteiger partial charge in [0.25, 0.3) is 0 Å². The van der Waals surface area contributed by atoms with Gasteiger partial charge in [-0.3, -0.25) is 0 Å². The second kappa shape index (κ2) is 6.26. The quantitative estimate of drug-likeness (QED) is 0.824. The largest absolute Gasteiger partial charge is 0.495 e. The van der Waals surface area contributed by atoms with E-state index < -0.39 is 17.9 Å². The number of nitrogens with two attached hydrogens (primary N) is 1. The van der Waals surface area contributed by atoms with Gasteiger partial charge in [-0.25, -0.2) is 4.79 Å². The average molecular weight is 277 g/mol. The molecule has 6 heteroatoms. The fourth-order valence-corrected chi connectivity index (χ4v) is 1.63. The third-order valence-corrected chi connectivity index (χ3v) is 2.38. The number of amides is 1. The van der Waals surface area contributed by atoms with Crippen molar-refractivity contribution >= 4 is 6.09 Å². The third kappa shape index (κ3) is 4.14. The molecular formula is C14H19N3O3. The van der Waals surface area contributed by atoms with Gasteiger partial charge in [0.2, 0.25) is 0 Å². The Bertz CT molecular complexity index is 529. The van der Waals surface area contributed by atoms with E-state index in [9.17, 15) is 4.79 Å². The second-order valence-electron chi connectivity index (χ2n) is 5.16. The standard InChI is InChI=1S/C14H19N3O3/c1-14(2,3)20-13(18)17-12(16)10-7-5-6-9(8-15)11(10)19-4/h5-7,12H,16H2,1-4H3,(H,17,18)/t12-/m0/s1. The van der Waals surface area contributed by atoms with Gasteiger partial charge >= 0.3 is 6.09 Å². The highest BCUT2D eigenvalue weighted by Crippen LogP contribution is 2.26. The summed E-state index contributed by atoms with van der Waals surface area (Å²) >= 11 is 0. The van der Waals surface area contributed by atoms with Crippen LogP contribution in [0.15, 0.2) is 18.2 Å². The predicted octanol–water partition coefficient (Wildman–Crippen LogP) is 2.05. The molecule has 0 radical (unpaired) electrons. The van der Waals surface area contributed by atoms with E-state index in [1.54, 1.807) is 39.0 Å². The molecule has 0 aromatic heterocycles. The minimum absolute atomic E-state index is 0.346. The number of methoxy groups -OCH3 is 1. The number of nitriles is 1. The number of hydrogen-bond donors (Lipinski definition) is 2. The Morgan fingerprint density at radius 1 is 1.45 bits per heavy atom. The fraction of sp³-hybridized carbons (Fsp3) is 0.429. The lowest BCUT2D eigenvalue weighted by atomic mass is 10.1. The molecule has 0 aliphatic rings. The highest BCUT2D eigenvalue weighted by molar-refractivity contribution is 5.68. The van der Waals surface area contributed by atoms with E-state index in [1.807, 2.05) is 6.07 Å². The van der Waals surface area contributed by atoms with E-state index in [1.165, 1.54) is 7.11 Å². The first-order chi connectivity index (χ1) is 9.28. The van der Waals surface area contributed by atoms with E-state index in [2.05, 4.69) is 5.32 Å². The summed E-state index contributed by atoms with van der Waals surface area (Å²) in [6, 6.07) is 6.98. The van der Waals surface area contributed by atoms with E-state index in [-0.39, 0.29) is 0 Å². The minimum Gasteiger partial charge on any atom is -0.495 e. The third-order valence-electron chi connectivity index (χ3n) is 2.38. The molecule has 0 heterocycles. The molecule has 3 N–H and O–H groups in total. The first-order valence-electron chi connectivity index (χ1n) is 6.10. The van der Waals surface area contributed by atoms with Crippen molar-refractivity contribution in [3.8, 4) is 11.8 Å². The Balaban J connectivity index is 2.91. The first-order valence-corrected chi connectivity index (χ1v) is 6.10. The normalized spacial score (nSPS) is 12.2. The van der Waals surface area contributed by atoms with Gasteiger partial charge in [0, 0.05) is 5.56 Å². The second-order valence-corrected chi connectivity index (χ2v) is 5.16. The summed E-state index contributed by atoms with van der Waals surface area (Å²) in [7, 11) is 1.44. The van der Waals surface area contributed by atoms with Crippen molar-refractivity contribution in [2.75, 3.05) is 7.11 Å². The summed E-state index contributed by atoms with van der Waals surface area (Å²) in [4.78, 5) is 11.7. The maximum Gasteiger partial charge on any atom is 0.409 e. The smallest absolute Gasteiger partial charge is 0.409 e. The van der Waals surface area contributed by atoms with Gasteiger partial charge in [-0.05, 0) is 26.8 Å². The van der Waals surface area contributed by atoms with E-state index in [0.29, 0.717) is 16.9 Å². The molecule has 1 aromatic carbocycles. The lowest BCUT2D eigenvalue weighted by Gasteiger charge is -2.22. The first kappa shape index (κ1) is 15.8. The van der Waals surface area contributed by atoms with Crippen LogP contribution in [0.3, 0.4) is 0 Å². The van der Waals surface area contributed by atoms with Crippen molar-refractivity contribution in [3.05, 3.63) is 29.3 Å². The summed E-state index contributed by atoms with van der Waals surface area (Å²) in [5, 5.41) is 11.5. The average Bonchev–Trinajstić information content (AvgIpc) is 2.35. The highest BCUT2D eigenvalue weighted by Gasteiger charge is 2.21. The van der Waals surface area contributed by atoms with Gasteiger partial charge < -0.3 is 20.5 Å². The van der Waals surface area contributed by atoms with Crippen molar-refractivity contribution in [3.63, 3.8) is 0 Å². The summed E-state index contributed by atoms with van der Waals surface area (Å²) in [5.74, 6) is 0.346. The Hall–Kier alpha value is -2.26. The van der Waals surface area contributed by atoms with Crippen molar-refractivity contribution in [1.29, 1.82) is 5.26 Å². The Morgan fingerprint density at radius 2 is 2.10 bits per heavy atom. The molecule has 0 spiro atoms. The van der Waals surface area contributed by atoms with Crippen LogP contribution in [0.5, 0.6) is 5.75 Å². The maximum atomic E-state index is 11.7. The van der Waals surface area contributed by atoms with Gasteiger partial charge in [0.1, 0.15) is 23.6 Å². The zero-order chi connectivity index (χ0) is 15.3. The van der Waals surface area contributed by atoms with Crippen LogP contribution in [0.2, 0.25) is 0 Å². The number of rotatable bonds is 3. The SMILES string of the molecule is COc1c(C#N)cccc1[C@@H](N)NC(=O)OC(C)(C)C. The monoisotopic (exact) mass is 277 g/mol. The highest BCUT2D eigenvalue weighted by atomic mass is 16.6. The summed E-state index contributed by atoms with van der Waals surface area (Å²) in [6.45, 7) is 5.28. The van der Waals surface area contributed by atoms with Crippen LogP contribution in [-0.4, -0.2) is 18.8 Å². The Kier molecular flexibility index (Phi) is 4.94. The molecule has 1 aromatic rings. The van der Waals surface area contributed by atoms with Crippen molar-refractivity contribution in [2.24, 2.45) is 5.73 Å². The van der Waals surface area contributed by atoms with Crippen LogP contribution < -0.4 is 15.8 Å². The van der Waals surface area contributed by atoms with Gasteiger partial charge in [-0.1, -0.05) is 12.1 Å². The number of hydrogen-bond acceptors (Lipinski definition) is 5. The van der Waals surface area contributed by atoms with Crippen LogP contribution in [0.1, 0.15) is 38.1 Å². The number of alkyl carbamates (subject to hydrolysis) is 1. The summed E-state index contributed by atoms with van der Waals surface area (Å²) in [6.07, 6.45) is -1.46. The number of nitrogens with zero attached hydrogens (tertiary/aromatic N) is 1. The molecule has 6 nitrogen and oxygen atoms in total. The zero-order valence-electron chi connectivity index (χ0n) is 12.1. The topological polar surface area (TPSA) is 97.4 Å². The van der Waals surface area contributed by atoms with E-state index in [4.69, 9.17) is 20.5 Å². The van der Waals surface area contributed by atoms with Crippen molar-refractivity contribution in [2.45, 2.75) is 32.5 Å². The molecule has 1 amide bonds. The number of benzene rings is 1. The van der Waals surface area contributed by atoms with E-state index in [0.717, 1.165) is 0 Å². The molecule has 1 rings (SSSR count). The van der Waals surface area contributed by atoms with Crippen LogP contribution in [0, 0.1) is 11.3 Å². The van der Waals surface area contributed by atoms with Crippen molar-refractivity contribution < 1.29 is 14.3 Å². The molecular weight excluding hydrogens is 258 g/mol. The number of carbonyl (C=O) groups excluding carboxylic acids is 1. The minimum atomic E-state index is -0.826. The van der Waals surface area contributed by atoms with E-state index >= 15 is 0 Å². The summed E-state index contributed by atoms with van der Waals surface area (Å²) < 4.78 is 10.3. The summed E-state index contributed by atoms with van der Waals surface area (Å²) in [5.41, 5.74) is 6.17. The number of carbonyl (C=O) groups is 1. The fourth-order valence-electron chi connectivity index (χ4n) is 1.63. The van der Waals surface area contributed by atoms with Gasteiger partial charge in [-0.15, -0.1) is 0 Å². The number of nitrogens with one attached hydrogen (secondary N) is 1. The molecule has 0 unspecified atom stereocenters. The number of para-hydroxylation sites is 1. The lowest BCUT2D eigenvalue weighted by molar-refractivity contribution is 0.0504. The van der Waals surface area contributed by atoms with Gasteiger partial charge in [-0.2, -0.15) is 5.26 Å². The van der Waals surface area contributed by atoms with Crippen LogP contribution >= 0.6 is 0 Å². The van der Waals surface area contributed by atoms with Crippen LogP contribution in [0.4, 0.5) is 4.79 Å². The van der Waals surface area contributed by atoms with Crippen LogP contribution in [-0.2, 0) is 4.74 Å². The van der Waals surface area contributed by atoms with Gasteiger partial charge in [0.05, 0.1) is 12.7 Å². The molecule has 0 aliphatic heterocycles. The molecule has 1 atom stereocenters. The molecule has 0 saturated heterocycles. The zero-order valence-corrected chi connectivity index (χ0v) is 12.1. The molecule has 0 bridgehead atoms. The number of ether oxygens (including phenoxy) is 2. The van der Waals surface area contributed by atoms with Crippen LogP contribution in [0.25, 0.3) is 0 Å². The molecule has 0 aliphatic carbocycles. The Morgan fingerprint density at radius 3 is 2.60 bits per heavy atom. The lowest BCUT2D eigenvalue weighted by Crippen LogP contribution is -2.38. The van der Waals surface area contributed by atoms with Crippen molar-refractivity contribution in [1.82, 2.24) is 5.32 Å². The van der Waals surface area contributed by atoms with Gasteiger partial charge in [0.15, 0.2) is 0 Å². The molecule has 0 fully saturated rings. The predicted molar refractivity (Wildman–Crippen MR) is 74.0 cm³/mol. The molecule has 20 heavy (non-hydrogen) atoms. The molecule has 0 saturated carbocycles. The molecule has 108 valence electrons.